The first kappa shape index (κ1) is 12.8. The van der Waals surface area contributed by atoms with Crippen LogP contribution in [0.3, 0.4) is 0 Å². The van der Waals surface area contributed by atoms with Crippen molar-refractivity contribution < 1.29 is 9.69 Å². The van der Waals surface area contributed by atoms with Crippen molar-refractivity contribution in [2.24, 2.45) is 0 Å². The Morgan fingerprint density at radius 1 is 1.29 bits per heavy atom. The van der Waals surface area contributed by atoms with Gasteiger partial charge in [0.2, 0.25) is 0 Å². The number of nitrogens with one attached hydrogen (secondary N) is 1. The van der Waals surface area contributed by atoms with E-state index < -0.39 is 0 Å². The van der Waals surface area contributed by atoms with Crippen molar-refractivity contribution in [1.29, 1.82) is 0 Å². The summed E-state index contributed by atoms with van der Waals surface area (Å²) in [6.45, 7) is 7.28. The Bertz CT molecular complexity index is 383. The molecule has 0 aliphatic carbocycles. The van der Waals surface area contributed by atoms with Crippen molar-refractivity contribution in [3.05, 3.63) is 33.4 Å². The number of nitrogens with zero attached hydrogens (tertiary/aromatic N) is 1. The van der Waals surface area contributed by atoms with E-state index in [0.717, 1.165) is 38.3 Å². The molecule has 1 aromatic carbocycles. The van der Waals surface area contributed by atoms with Crippen LogP contribution in [-0.4, -0.2) is 43.5 Å². The van der Waals surface area contributed by atoms with Crippen molar-refractivity contribution in [3.8, 4) is 0 Å². The number of likely N-dealkylation sites (N-methyl/N-ethyl adjacent to an activating group) is 1. The van der Waals surface area contributed by atoms with E-state index in [1.54, 1.807) is 4.90 Å². The van der Waals surface area contributed by atoms with E-state index in [1.165, 1.54) is 3.57 Å². The lowest BCUT2D eigenvalue weighted by molar-refractivity contribution is -0.902. The van der Waals surface area contributed by atoms with Crippen molar-refractivity contribution >= 4 is 28.5 Å². The molecule has 92 valence electrons. The van der Waals surface area contributed by atoms with Gasteiger partial charge in [0.05, 0.1) is 32.7 Å². The first-order valence-electron chi connectivity index (χ1n) is 6.09. The SMILES string of the molecule is CC[NH+]1CCN(C(=O)c2ccc(I)cc2)CC1. The average molecular weight is 345 g/mol. The molecule has 1 aromatic rings. The smallest absolute Gasteiger partial charge is 0.254 e. The Morgan fingerprint density at radius 2 is 1.88 bits per heavy atom. The highest BCUT2D eigenvalue weighted by atomic mass is 127. The van der Waals surface area contributed by atoms with Crippen LogP contribution in [0.1, 0.15) is 17.3 Å². The third-order valence-corrected chi connectivity index (χ3v) is 4.07. The summed E-state index contributed by atoms with van der Waals surface area (Å²) in [5, 5.41) is 0. The van der Waals surface area contributed by atoms with Gasteiger partial charge in [-0.15, -0.1) is 0 Å². The van der Waals surface area contributed by atoms with E-state index >= 15 is 0 Å². The Balaban J connectivity index is 1.99. The number of halogens is 1. The highest BCUT2D eigenvalue weighted by Crippen LogP contribution is 2.09. The average Bonchev–Trinajstić information content (AvgIpc) is 2.39. The van der Waals surface area contributed by atoms with Crippen LogP contribution in [0.5, 0.6) is 0 Å². The monoisotopic (exact) mass is 345 g/mol. The van der Waals surface area contributed by atoms with E-state index in [9.17, 15) is 4.79 Å². The molecule has 2 rings (SSSR count). The first-order valence-corrected chi connectivity index (χ1v) is 7.17. The zero-order valence-corrected chi connectivity index (χ0v) is 12.2. The van der Waals surface area contributed by atoms with Crippen molar-refractivity contribution in [3.63, 3.8) is 0 Å². The van der Waals surface area contributed by atoms with Crippen LogP contribution < -0.4 is 4.90 Å². The topological polar surface area (TPSA) is 24.8 Å². The number of rotatable bonds is 2. The minimum Gasteiger partial charge on any atom is -0.332 e. The summed E-state index contributed by atoms with van der Waals surface area (Å²) in [5.41, 5.74) is 0.811. The summed E-state index contributed by atoms with van der Waals surface area (Å²) < 4.78 is 1.17. The molecule has 1 fully saturated rings. The Hall–Kier alpha value is -0.620. The van der Waals surface area contributed by atoms with E-state index in [1.807, 2.05) is 29.2 Å². The molecule has 0 saturated carbocycles. The molecule has 0 atom stereocenters. The largest absolute Gasteiger partial charge is 0.332 e. The standard InChI is InChI=1S/C13H17IN2O/c1-2-15-7-9-16(10-8-15)13(17)11-3-5-12(14)6-4-11/h3-6H,2,7-10H2,1H3/p+1. The molecular formula is C13H18IN2O+. The van der Waals surface area contributed by atoms with Crippen LogP contribution in [0.25, 0.3) is 0 Å². The molecule has 1 amide bonds. The van der Waals surface area contributed by atoms with Gasteiger partial charge in [-0.1, -0.05) is 0 Å². The Kier molecular flexibility index (Phi) is 4.39. The minimum atomic E-state index is 0.177. The molecule has 1 N–H and O–H groups in total. The minimum absolute atomic E-state index is 0.177. The molecule has 1 heterocycles. The summed E-state index contributed by atoms with van der Waals surface area (Å²) in [7, 11) is 0. The molecule has 0 spiro atoms. The van der Waals surface area contributed by atoms with Crippen LogP contribution in [0.4, 0.5) is 0 Å². The maximum Gasteiger partial charge on any atom is 0.254 e. The van der Waals surface area contributed by atoms with Gasteiger partial charge in [0.25, 0.3) is 5.91 Å². The van der Waals surface area contributed by atoms with E-state index in [-0.39, 0.29) is 5.91 Å². The van der Waals surface area contributed by atoms with Crippen LogP contribution in [0, 0.1) is 3.57 Å². The van der Waals surface area contributed by atoms with Gasteiger partial charge in [-0.3, -0.25) is 4.79 Å². The number of hydrogen-bond donors (Lipinski definition) is 1. The van der Waals surface area contributed by atoms with Crippen LogP contribution >= 0.6 is 22.6 Å². The fourth-order valence-electron chi connectivity index (χ4n) is 2.15. The Morgan fingerprint density at radius 3 is 2.41 bits per heavy atom. The van der Waals surface area contributed by atoms with Crippen molar-refractivity contribution in [1.82, 2.24) is 4.90 Å². The zero-order chi connectivity index (χ0) is 12.3. The van der Waals surface area contributed by atoms with Gasteiger partial charge in [0.1, 0.15) is 0 Å². The summed E-state index contributed by atoms with van der Waals surface area (Å²) in [4.78, 5) is 15.8. The molecule has 1 aliphatic heterocycles. The number of benzene rings is 1. The van der Waals surface area contributed by atoms with Gasteiger partial charge in [-0.2, -0.15) is 0 Å². The molecule has 0 aromatic heterocycles. The summed E-state index contributed by atoms with van der Waals surface area (Å²) in [5.74, 6) is 0.177. The molecule has 3 nitrogen and oxygen atoms in total. The van der Waals surface area contributed by atoms with Gasteiger partial charge in [-0.25, -0.2) is 0 Å². The lowest BCUT2D eigenvalue weighted by Crippen LogP contribution is -3.14. The van der Waals surface area contributed by atoms with Crippen LogP contribution in [-0.2, 0) is 0 Å². The van der Waals surface area contributed by atoms with E-state index in [0.29, 0.717) is 0 Å². The number of amides is 1. The molecule has 0 bridgehead atoms. The normalized spacial score (nSPS) is 17.2. The highest BCUT2D eigenvalue weighted by Gasteiger charge is 2.23. The van der Waals surface area contributed by atoms with Crippen LogP contribution in [0.2, 0.25) is 0 Å². The fourth-order valence-corrected chi connectivity index (χ4v) is 2.51. The quantitative estimate of drug-likeness (QED) is 0.783. The fraction of sp³-hybridized carbons (Fsp3) is 0.462. The highest BCUT2D eigenvalue weighted by molar-refractivity contribution is 14.1. The molecular weight excluding hydrogens is 327 g/mol. The third-order valence-electron chi connectivity index (χ3n) is 3.35. The number of piperazine rings is 1. The van der Waals surface area contributed by atoms with Crippen molar-refractivity contribution in [2.45, 2.75) is 6.92 Å². The van der Waals surface area contributed by atoms with E-state index in [4.69, 9.17) is 0 Å². The van der Waals surface area contributed by atoms with Gasteiger partial charge >= 0.3 is 0 Å². The lowest BCUT2D eigenvalue weighted by atomic mass is 10.2. The first-order chi connectivity index (χ1) is 8.20. The van der Waals surface area contributed by atoms with Gasteiger partial charge in [0.15, 0.2) is 0 Å². The second-order valence-corrected chi connectivity index (χ2v) is 5.65. The zero-order valence-electron chi connectivity index (χ0n) is 10.1. The molecule has 1 saturated heterocycles. The molecule has 0 unspecified atom stereocenters. The van der Waals surface area contributed by atoms with Gasteiger partial charge < -0.3 is 9.80 Å². The number of carbonyl (C=O) groups excluding carboxylic acids is 1. The molecule has 1 aliphatic rings. The number of carbonyl (C=O) groups is 1. The van der Waals surface area contributed by atoms with Crippen LogP contribution in [0.15, 0.2) is 24.3 Å². The molecule has 17 heavy (non-hydrogen) atoms. The summed E-state index contributed by atoms with van der Waals surface area (Å²) in [6.07, 6.45) is 0. The molecule has 4 heteroatoms. The van der Waals surface area contributed by atoms with Gasteiger partial charge in [-0.05, 0) is 53.8 Å². The second kappa shape index (κ2) is 5.82. The second-order valence-electron chi connectivity index (χ2n) is 4.40. The third kappa shape index (κ3) is 3.19. The number of quaternary nitrogens is 1. The van der Waals surface area contributed by atoms with Crippen molar-refractivity contribution in [2.75, 3.05) is 32.7 Å². The summed E-state index contributed by atoms with van der Waals surface area (Å²) in [6, 6.07) is 7.81. The maximum atomic E-state index is 12.2. The predicted molar refractivity (Wildman–Crippen MR) is 76.3 cm³/mol. The predicted octanol–water partition coefficient (Wildman–Crippen LogP) is 0.652. The number of hydrogen-bond acceptors (Lipinski definition) is 1. The summed E-state index contributed by atoms with van der Waals surface area (Å²) >= 11 is 2.25. The molecule has 0 radical (unpaired) electrons. The van der Waals surface area contributed by atoms with E-state index in [2.05, 4.69) is 29.5 Å². The van der Waals surface area contributed by atoms with Gasteiger partial charge in [0, 0.05) is 9.13 Å². The Labute approximate surface area is 116 Å². The maximum absolute atomic E-state index is 12.2. The lowest BCUT2D eigenvalue weighted by Gasteiger charge is -2.31.